The van der Waals surface area contributed by atoms with Crippen LogP contribution in [0.2, 0.25) is 0 Å². The first kappa shape index (κ1) is 20.0. The molecule has 0 fully saturated rings. The number of pyridine rings is 1. The fourth-order valence-electron chi connectivity index (χ4n) is 5.27. The zero-order valence-electron chi connectivity index (χ0n) is 19.6. The van der Waals surface area contributed by atoms with Crippen molar-refractivity contribution in [1.82, 2.24) is 0 Å². The van der Waals surface area contributed by atoms with Gasteiger partial charge < -0.3 is 4.42 Å². The van der Waals surface area contributed by atoms with E-state index in [1.54, 1.807) is 0 Å². The lowest BCUT2D eigenvalue weighted by Crippen LogP contribution is -2.30. The minimum Gasteiger partial charge on any atom is -0.456 e. The van der Waals surface area contributed by atoms with Gasteiger partial charge in [0.2, 0.25) is 5.69 Å². The molecule has 162 valence electrons. The molecule has 0 N–H and O–H groups in total. The fraction of sp³-hybridized carbons (Fsp3) is 0.194. The molecule has 0 atom stereocenters. The van der Waals surface area contributed by atoms with Crippen molar-refractivity contribution in [3.8, 4) is 11.3 Å². The maximum atomic E-state index is 6.46. The SMILES string of the molecule is Cc1c(-c2c3ccc(CC(C)C)cc3cc[n+]2C)ccc2c1oc1cc3ccccc3cc12. The first-order valence-electron chi connectivity index (χ1n) is 11.8. The summed E-state index contributed by atoms with van der Waals surface area (Å²) in [6.07, 6.45) is 3.27. The van der Waals surface area contributed by atoms with Crippen molar-refractivity contribution in [2.24, 2.45) is 13.0 Å². The normalized spacial score (nSPS) is 12.0. The fourth-order valence-corrected chi connectivity index (χ4v) is 5.27. The van der Waals surface area contributed by atoms with Crippen LogP contribution >= 0.6 is 0 Å². The summed E-state index contributed by atoms with van der Waals surface area (Å²) >= 11 is 0. The highest BCUT2D eigenvalue weighted by Gasteiger charge is 2.21. The van der Waals surface area contributed by atoms with Crippen molar-refractivity contribution < 1.29 is 8.98 Å². The standard InChI is InChI=1S/C31H28NO/c1-19(2)15-21-9-10-26-24(16-21)13-14-32(4)30(26)25-11-12-27-28-17-22-7-5-6-8-23(22)18-29(28)33-31(27)20(25)3/h5-14,16-19H,15H2,1-4H3/q+1. The van der Waals surface area contributed by atoms with E-state index in [1.807, 2.05) is 0 Å². The molecule has 0 unspecified atom stereocenters. The van der Waals surface area contributed by atoms with Gasteiger partial charge in [0.1, 0.15) is 18.2 Å². The molecule has 4 aromatic carbocycles. The van der Waals surface area contributed by atoms with Gasteiger partial charge in [0.05, 0.1) is 10.9 Å². The van der Waals surface area contributed by atoms with E-state index in [-0.39, 0.29) is 0 Å². The van der Waals surface area contributed by atoms with Gasteiger partial charge in [-0.2, -0.15) is 0 Å². The Kier molecular flexibility index (Phi) is 4.51. The van der Waals surface area contributed by atoms with Crippen LogP contribution in [0.5, 0.6) is 0 Å². The van der Waals surface area contributed by atoms with Gasteiger partial charge in [0.15, 0.2) is 6.20 Å². The van der Waals surface area contributed by atoms with Crippen LogP contribution in [0.15, 0.2) is 83.4 Å². The molecular weight excluding hydrogens is 402 g/mol. The second-order valence-electron chi connectivity index (χ2n) is 9.71. The number of hydrogen-bond donors (Lipinski definition) is 0. The number of benzene rings is 4. The highest BCUT2D eigenvalue weighted by atomic mass is 16.3. The summed E-state index contributed by atoms with van der Waals surface area (Å²) in [6, 6.07) is 26.5. The van der Waals surface area contributed by atoms with E-state index in [0.717, 1.165) is 17.6 Å². The number of aromatic nitrogens is 1. The summed E-state index contributed by atoms with van der Waals surface area (Å²) in [7, 11) is 2.13. The van der Waals surface area contributed by atoms with E-state index >= 15 is 0 Å². The average Bonchev–Trinajstić information content (AvgIpc) is 3.16. The van der Waals surface area contributed by atoms with Crippen LogP contribution < -0.4 is 4.57 Å². The Balaban J connectivity index is 1.59. The molecule has 0 spiro atoms. The smallest absolute Gasteiger partial charge is 0.220 e. The van der Waals surface area contributed by atoms with Crippen molar-refractivity contribution in [1.29, 1.82) is 0 Å². The maximum absolute atomic E-state index is 6.46. The van der Waals surface area contributed by atoms with Crippen molar-refractivity contribution in [3.05, 3.63) is 90.1 Å². The van der Waals surface area contributed by atoms with Crippen LogP contribution in [-0.4, -0.2) is 0 Å². The second kappa shape index (κ2) is 7.45. The van der Waals surface area contributed by atoms with Gasteiger partial charge in [-0.3, -0.25) is 0 Å². The minimum atomic E-state index is 0.649. The minimum absolute atomic E-state index is 0.649. The van der Waals surface area contributed by atoms with Crippen molar-refractivity contribution in [2.45, 2.75) is 27.2 Å². The molecule has 0 bridgehead atoms. The van der Waals surface area contributed by atoms with Crippen LogP contribution in [0.1, 0.15) is 25.0 Å². The molecule has 0 saturated heterocycles. The monoisotopic (exact) mass is 430 g/mol. The van der Waals surface area contributed by atoms with E-state index in [0.29, 0.717) is 5.92 Å². The Morgan fingerprint density at radius 2 is 1.55 bits per heavy atom. The zero-order chi connectivity index (χ0) is 22.7. The molecule has 33 heavy (non-hydrogen) atoms. The van der Waals surface area contributed by atoms with Crippen molar-refractivity contribution in [3.63, 3.8) is 0 Å². The quantitative estimate of drug-likeness (QED) is 0.261. The molecule has 6 aromatic rings. The average molecular weight is 431 g/mol. The zero-order valence-corrected chi connectivity index (χ0v) is 19.6. The van der Waals surface area contributed by atoms with E-state index in [9.17, 15) is 0 Å². The number of nitrogens with zero attached hydrogens (tertiary/aromatic N) is 1. The topological polar surface area (TPSA) is 17.0 Å². The predicted octanol–water partition coefficient (Wildman–Crippen LogP) is 7.89. The molecule has 0 amide bonds. The number of furan rings is 1. The molecule has 0 aliphatic heterocycles. The third kappa shape index (κ3) is 3.21. The first-order chi connectivity index (χ1) is 16.0. The van der Waals surface area contributed by atoms with Gasteiger partial charge in [0.25, 0.3) is 0 Å². The van der Waals surface area contributed by atoms with Crippen LogP contribution in [0.4, 0.5) is 0 Å². The van der Waals surface area contributed by atoms with Crippen LogP contribution in [-0.2, 0) is 13.5 Å². The molecule has 2 nitrogen and oxygen atoms in total. The molecule has 0 radical (unpaired) electrons. The maximum Gasteiger partial charge on any atom is 0.220 e. The summed E-state index contributed by atoms with van der Waals surface area (Å²) in [4.78, 5) is 0. The van der Waals surface area contributed by atoms with Crippen molar-refractivity contribution in [2.75, 3.05) is 0 Å². The largest absolute Gasteiger partial charge is 0.456 e. The molecule has 6 rings (SSSR count). The molecule has 2 heteroatoms. The van der Waals surface area contributed by atoms with Gasteiger partial charge in [0, 0.05) is 22.4 Å². The van der Waals surface area contributed by atoms with E-state index in [1.165, 1.54) is 54.7 Å². The van der Waals surface area contributed by atoms with Gasteiger partial charge in [-0.05, 0) is 71.3 Å². The number of fused-ring (bicyclic) bond motifs is 5. The van der Waals surface area contributed by atoms with Crippen LogP contribution in [0, 0.1) is 12.8 Å². The molecular formula is C31H28NO+. The Bertz CT molecular complexity index is 1690. The molecule has 0 aliphatic rings. The van der Waals surface area contributed by atoms with E-state index in [4.69, 9.17) is 4.42 Å². The van der Waals surface area contributed by atoms with E-state index < -0.39 is 0 Å². The third-order valence-electron chi connectivity index (χ3n) is 6.86. The number of hydrogen-bond acceptors (Lipinski definition) is 1. The lowest BCUT2D eigenvalue weighted by atomic mass is 9.95. The van der Waals surface area contributed by atoms with Gasteiger partial charge in [-0.15, -0.1) is 0 Å². The molecule has 0 saturated carbocycles. The lowest BCUT2D eigenvalue weighted by molar-refractivity contribution is -0.659. The van der Waals surface area contributed by atoms with Crippen molar-refractivity contribution >= 4 is 43.5 Å². The summed E-state index contributed by atoms with van der Waals surface area (Å²) in [5, 5.41) is 7.37. The van der Waals surface area contributed by atoms with E-state index in [2.05, 4.69) is 111 Å². The Morgan fingerprint density at radius 1 is 0.788 bits per heavy atom. The second-order valence-corrected chi connectivity index (χ2v) is 9.71. The molecule has 0 aliphatic carbocycles. The van der Waals surface area contributed by atoms with Gasteiger partial charge in [-0.25, -0.2) is 4.57 Å². The number of rotatable bonds is 3. The first-order valence-corrected chi connectivity index (χ1v) is 11.8. The number of aryl methyl sites for hydroxylation is 2. The molecule has 2 aromatic heterocycles. The van der Waals surface area contributed by atoms with Gasteiger partial charge in [-0.1, -0.05) is 50.2 Å². The lowest BCUT2D eigenvalue weighted by Gasteiger charge is -2.10. The Morgan fingerprint density at radius 3 is 2.33 bits per heavy atom. The van der Waals surface area contributed by atoms with Gasteiger partial charge >= 0.3 is 0 Å². The Hall–Kier alpha value is -3.65. The molecule has 2 heterocycles. The summed E-state index contributed by atoms with van der Waals surface area (Å²) in [6.45, 7) is 6.73. The predicted molar refractivity (Wildman–Crippen MR) is 139 cm³/mol. The summed E-state index contributed by atoms with van der Waals surface area (Å²) in [5.41, 5.74) is 6.95. The summed E-state index contributed by atoms with van der Waals surface area (Å²) in [5.74, 6) is 0.649. The third-order valence-corrected chi connectivity index (χ3v) is 6.86. The van der Waals surface area contributed by atoms with Crippen LogP contribution in [0.3, 0.4) is 0 Å². The van der Waals surface area contributed by atoms with Crippen LogP contribution in [0.25, 0.3) is 54.7 Å². The highest BCUT2D eigenvalue weighted by Crippen LogP contribution is 2.38. The summed E-state index contributed by atoms with van der Waals surface area (Å²) < 4.78 is 8.69. The Labute approximate surface area is 194 Å². The highest BCUT2D eigenvalue weighted by molar-refractivity contribution is 6.12.